The smallest absolute Gasteiger partial charge is 0.163 e. The molecule has 0 amide bonds. The largest absolute Gasteiger partial charge is 0.487 e. The van der Waals surface area contributed by atoms with Gasteiger partial charge in [0.15, 0.2) is 5.78 Å². The zero-order valence-corrected chi connectivity index (χ0v) is 10.3. The van der Waals surface area contributed by atoms with E-state index in [2.05, 4.69) is 0 Å². The normalized spacial score (nSPS) is 23.7. The highest BCUT2D eigenvalue weighted by molar-refractivity contribution is 5.97. The van der Waals surface area contributed by atoms with E-state index in [9.17, 15) is 9.90 Å². The van der Waals surface area contributed by atoms with E-state index in [-0.39, 0.29) is 11.9 Å². The van der Waals surface area contributed by atoms with Crippen molar-refractivity contribution in [1.82, 2.24) is 0 Å². The predicted molar refractivity (Wildman–Crippen MR) is 65.5 cm³/mol. The number of benzene rings is 1. The van der Waals surface area contributed by atoms with Gasteiger partial charge in [-0.2, -0.15) is 0 Å². The topological polar surface area (TPSA) is 46.5 Å². The Bertz CT molecular complexity index is 425. The lowest BCUT2D eigenvalue weighted by Crippen LogP contribution is -2.26. The van der Waals surface area contributed by atoms with Gasteiger partial charge in [-0.05, 0) is 45.2 Å². The van der Waals surface area contributed by atoms with E-state index >= 15 is 0 Å². The number of hydrogen-bond acceptors (Lipinski definition) is 3. The molecule has 2 atom stereocenters. The molecule has 3 heteroatoms. The van der Waals surface area contributed by atoms with Crippen molar-refractivity contribution in [2.45, 2.75) is 45.3 Å². The van der Waals surface area contributed by atoms with Crippen molar-refractivity contribution >= 4 is 5.78 Å². The summed E-state index contributed by atoms with van der Waals surface area (Å²) in [5.41, 5.74) is 1.64. The molecular weight excluding hydrogens is 216 g/mol. The van der Waals surface area contributed by atoms with E-state index in [0.29, 0.717) is 11.3 Å². The van der Waals surface area contributed by atoms with Crippen LogP contribution in [0.1, 0.15) is 42.1 Å². The second kappa shape index (κ2) is 4.88. The SMILES string of the molecule is CC(=O)c1cc(C)ccc1OC1CCCC1O. The Kier molecular flexibility index (Phi) is 3.48. The van der Waals surface area contributed by atoms with Crippen molar-refractivity contribution in [2.75, 3.05) is 0 Å². The molecule has 17 heavy (non-hydrogen) atoms. The van der Waals surface area contributed by atoms with Gasteiger partial charge in [0.2, 0.25) is 0 Å². The molecule has 0 radical (unpaired) electrons. The molecule has 3 nitrogen and oxygen atoms in total. The second-order valence-electron chi connectivity index (χ2n) is 4.71. The molecule has 1 aromatic rings. The molecule has 0 spiro atoms. The lowest BCUT2D eigenvalue weighted by Gasteiger charge is -2.19. The third-order valence-corrected chi connectivity index (χ3v) is 3.21. The molecule has 2 rings (SSSR count). The molecule has 0 heterocycles. The van der Waals surface area contributed by atoms with Crippen molar-refractivity contribution in [1.29, 1.82) is 0 Å². The summed E-state index contributed by atoms with van der Waals surface area (Å²) >= 11 is 0. The molecule has 1 aliphatic rings. The van der Waals surface area contributed by atoms with Gasteiger partial charge in [0, 0.05) is 0 Å². The van der Waals surface area contributed by atoms with Crippen molar-refractivity contribution < 1.29 is 14.6 Å². The van der Waals surface area contributed by atoms with Crippen LogP contribution in [0.4, 0.5) is 0 Å². The number of aryl methyl sites for hydroxylation is 1. The van der Waals surface area contributed by atoms with E-state index in [1.54, 1.807) is 0 Å². The first-order chi connectivity index (χ1) is 8.08. The molecule has 1 saturated carbocycles. The third kappa shape index (κ3) is 2.67. The standard InChI is InChI=1S/C14H18O3/c1-9-6-7-13(11(8-9)10(2)15)17-14-5-3-4-12(14)16/h6-8,12,14,16H,3-5H2,1-2H3. The van der Waals surface area contributed by atoms with Gasteiger partial charge >= 0.3 is 0 Å². The van der Waals surface area contributed by atoms with Crippen LogP contribution < -0.4 is 4.74 Å². The molecule has 1 aromatic carbocycles. The van der Waals surface area contributed by atoms with Gasteiger partial charge in [-0.1, -0.05) is 11.6 Å². The number of aliphatic hydroxyl groups is 1. The lowest BCUT2D eigenvalue weighted by molar-refractivity contribution is 0.0593. The van der Waals surface area contributed by atoms with E-state index in [1.165, 1.54) is 6.92 Å². The minimum atomic E-state index is -0.406. The average molecular weight is 234 g/mol. The molecule has 0 saturated heterocycles. The van der Waals surface area contributed by atoms with E-state index in [4.69, 9.17) is 4.74 Å². The van der Waals surface area contributed by atoms with Crippen LogP contribution in [0.25, 0.3) is 0 Å². The molecule has 0 aromatic heterocycles. The van der Waals surface area contributed by atoms with Crippen molar-refractivity contribution in [3.8, 4) is 5.75 Å². The van der Waals surface area contributed by atoms with Crippen LogP contribution in [0.15, 0.2) is 18.2 Å². The fraction of sp³-hybridized carbons (Fsp3) is 0.500. The number of hydrogen-bond donors (Lipinski definition) is 1. The number of rotatable bonds is 3. The van der Waals surface area contributed by atoms with Gasteiger partial charge in [0.05, 0.1) is 11.7 Å². The lowest BCUT2D eigenvalue weighted by atomic mass is 10.1. The summed E-state index contributed by atoms with van der Waals surface area (Å²) < 4.78 is 5.76. The van der Waals surface area contributed by atoms with E-state index in [1.807, 2.05) is 25.1 Å². The zero-order chi connectivity index (χ0) is 12.4. The van der Waals surface area contributed by atoms with E-state index < -0.39 is 6.10 Å². The quantitative estimate of drug-likeness (QED) is 0.817. The Morgan fingerprint density at radius 3 is 2.76 bits per heavy atom. The summed E-state index contributed by atoms with van der Waals surface area (Å²) in [7, 11) is 0. The Morgan fingerprint density at radius 1 is 1.41 bits per heavy atom. The predicted octanol–water partition coefficient (Wildman–Crippen LogP) is 2.49. The van der Waals surface area contributed by atoms with Gasteiger partial charge in [-0.25, -0.2) is 0 Å². The first kappa shape index (κ1) is 12.1. The number of ether oxygens (including phenoxy) is 1. The van der Waals surface area contributed by atoms with Gasteiger partial charge in [-0.3, -0.25) is 4.79 Å². The summed E-state index contributed by atoms with van der Waals surface area (Å²) in [5.74, 6) is 0.588. The molecule has 2 unspecified atom stereocenters. The Labute approximate surface area is 101 Å². The third-order valence-electron chi connectivity index (χ3n) is 3.21. The fourth-order valence-corrected chi connectivity index (χ4v) is 2.23. The van der Waals surface area contributed by atoms with E-state index in [0.717, 1.165) is 24.8 Å². The monoisotopic (exact) mass is 234 g/mol. The highest BCUT2D eigenvalue weighted by Crippen LogP contribution is 2.28. The Hall–Kier alpha value is -1.35. The molecule has 92 valence electrons. The van der Waals surface area contributed by atoms with Crippen LogP contribution in [0, 0.1) is 6.92 Å². The van der Waals surface area contributed by atoms with Gasteiger partial charge in [0.25, 0.3) is 0 Å². The van der Waals surface area contributed by atoms with Crippen LogP contribution in [-0.2, 0) is 0 Å². The fourth-order valence-electron chi connectivity index (χ4n) is 2.23. The Balaban J connectivity index is 2.22. The molecule has 0 aliphatic heterocycles. The molecule has 1 aliphatic carbocycles. The average Bonchev–Trinajstić information content (AvgIpc) is 2.67. The van der Waals surface area contributed by atoms with Crippen LogP contribution in [0.5, 0.6) is 5.75 Å². The first-order valence-electron chi connectivity index (χ1n) is 6.04. The van der Waals surface area contributed by atoms with Crippen molar-refractivity contribution in [3.63, 3.8) is 0 Å². The van der Waals surface area contributed by atoms with Crippen molar-refractivity contribution in [3.05, 3.63) is 29.3 Å². The zero-order valence-electron chi connectivity index (χ0n) is 10.3. The second-order valence-corrected chi connectivity index (χ2v) is 4.71. The maximum Gasteiger partial charge on any atom is 0.163 e. The summed E-state index contributed by atoms with van der Waals surface area (Å²) in [6.45, 7) is 3.48. The summed E-state index contributed by atoms with van der Waals surface area (Å²) in [6.07, 6.45) is 2.04. The summed E-state index contributed by atoms with van der Waals surface area (Å²) in [4.78, 5) is 11.5. The van der Waals surface area contributed by atoms with Gasteiger partial charge < -0.3 is 9.84 Å². The Morgan fingerprint density at radius 2 is 2.18 bits per heavy atom. The number of ketones is 1. The number of carbonyl (C=O) groups excluding carboxylic acids is 1. The summed E-state index contributed by atoms with van der Waals surface area (Å²) in [5, 5.41) is 9.72. The molecular formula is C14H18O3. The van der Waals surface area contributed by atoms with Crippen LogP contribution in [-0.4, -0.2) is 23.1 Å². The van der Waals surface area contributed by atoms with Crippen molar-refractivity contribution in [2.24, 2.45) is 0 Å². The van der Waals surface area contributed by atoms with Crippen LogP contribution in [0.3, 0.4) is 0 Å². The first-order valence-corrected chi connectivity index (χ1v) is 6.04. The number of carbonyl (C=O) groups is 1. The van der Waals surface area contributed by atoms with Gasteiger partial charge in [0.1, 0.15) is 11.9 Å². The van der Waals surface area contributed by atoms with Gasteiger partial charge in [-0.15, -0.1) is 0 Å². The minimum absolute atomic E-state index is 0.00353. The number of aliphatic hydroxyl groups excluding tert-OH is 1. The maximum atomic E-state index is 11.5. The molecule has 0 bridgehead atoms. The highest BCUT2D eigenvalue weighted by Gasteiger charge is 2.27. The maximum absolute atomic E-state index is 11.5. The number of Topliss-reactive ketones (excluding diaryl/α,β-unsaturated/α-hetero) is 1. The molecule has 1 fully saturated rings. The summed E-state index contributed by atoms with van der Waals surface area (Å²) in [6, 6.07) is 5.57. The minimum Gasteiger partial charge on any atom is -0.487 e. The molecule has 1 N–H and O–H groups in total. The van der Waals surface area contributed by atoms with Crippen LogP contribution >= 0.6 is 0 Å². The van der Waals surface area contributed by atoms with Crippen LogP contribution in [0.2, 0.25) is 0 Å². The highest BCUT2D eigenvalue weighted by atomic mass is 16.5.